The van der Waals surface area contributed by atoms with Gasteiger partial charge < -0.3 is 15.4 Å². The molecule has 0 amide bonds. The fourth-order valence-corrected chi connectivity index (χ4v) is 2.58. The van der Waals surface area contributed by atoms with Crippen molar-refractivity contribution in [3.8, 4) is 6.01 Å². The molecule has 1 fully saturated rings. The Morgan fingerprint density at radius 1 is 1.11 bits per heavy atom. The highest BCUT2D eigenvalue weighted by atomic mass is 16.5. The van der Waals surface area contributed by atoms with Crippen LogP contribution in [0.3, 0.4) is 0 Å². The highest BCUT2D eigenvalue weighted by Gasteiger charge is 2.21. The van der Waals surface area contributed by atoms with Crippen molar-refractivity contribution in [2.45, 2.75) is 45.1 Å². The van der Waals surface area contributed by atoms with Crippen molar-refractivity contribution >= 4 is 11.9 Å². The molecule has 1 aromatic rings. The van der Waals surface area contributed by atoms with Crippen LogP contribution < -0.4 is 15.4 Å². The number of anilines is 2. The van der Waals surface area contributed by atoms with E-state index < -0.39 is 0 Å². The van der Waals surface area contributed by atoms with Crippen LogP contribution in [0.5, 0.6) is 6.01 Å². The van der Waals surface area contributed by atoms with Crippen molar-refractivity contribution in [2.75, 3.05) is 24.8 Å². The molecule has 19 heavy (non-hydrogen) atoms. The molecule has 1 unspecified atom stereocenters. The third-order valence-electron chi connectivity index (χ3n) is 3.73. The van der Waals surface area contributed by atoms with Gasteiger partial charge in [-0.2, -0.15) is 15.0 Å². The lowest BCUT2D eigenvalue weighted by atomic mass is 9.85. The van der Waals surface area contributed by atoms with Crippen molar-refractivity contribution in [3.05, 3.63) is 0 Å². The number of nitrogens with zero attached hydrogens (tertiary/aromatic N) is 3. The summed E-state index contributed by atoms with van der Waals surface area (Å²) >= 11 is 0. The molecule has 0 bridgehead atoms. The maximum absolute atomic E-state index is 5.08. The van der Waals surface area contributed by atoms with Crippen LogP contribution in [0.15, 0.2) is 0 Å². The number of rotatable bonds is 5. The smallest absolute Gasteiger partial charge is 0.322 e. The van der Waals surface area contributed by atoms with Gasteiger partial charge in [-0.25, -0.2) is 0 Å². The number of hydrogen-bond acceptors (Lipinski definition) is 6. The minimum atomic E-state index is 0.331. The Bertz CT molecular complexity index is 384. The van der Waals surface area contributed by atoms with Crippen LogP contribution in [0.4, 0.5) is 11.9 Å². The predicted molar refractivity (Wildman–Crippen MR) is 75.6 cm³/mol. The second-order valence-electron chi connectivity index (χ2n) is 5.05. The predicted octanol–water partition coefficient (Wildman–Crippen LogP) is 2.30. The molecule has 2 N–H and O–H groups in total. The SMILES string of the molecule is CNc1nc(NC(C)C2CCCCC2)nc(OC)n1. The zero-order valence-electron chi connectivity index (χ0n) is 11.9. The lowest BCUT2D eigenvalue weighted by Gasteiger charge is -2.28. The van der Waals surface area contributed by atoms with E-state index in [9.17, 15) is 0 Å². The molecule has 0 radical (unpaired) electrons. The first-order valence-corrected chi connectivity index (χ1v) is 6.97. The Morgan fingerprint density at radius 3 is 2.42 bits per heavy atom. The summed E-state index contributed by atoms with van der Waals surface area (Å²) in [5.41, 5.74) is 0. The largest absolute Gasteiger partial charge is 0.467 e. The first-order chi connectivity index (χ1) is 9.22. The van der Waals surface area contributed by atoms with Crippen LogP contribution in [-0.2, 0) is 0 Å². The minimum Gasteiger partial charge on any atom is -0.467 e. The van der Waals surface area contributed by atoms with Crippen molar-refractivity contribution in [3.63, 3.8) is 0 Å². The van der Waals surface area contributed by atoms with Gasteiger partial charge in [0.25, 0.3) is 0 Å². The van der Waals surface area contributed by atoms with Crippen LogP contribution >= 0.6 is 0 Å². The van der Waals surface area contributed by atoms with E-state index in [0.29, 0.717) is 29.9 Å². The second kappa shape index (κ2) is 6.54. The quantitative estimate of drug-likeness (QED) is 0.851. The lowest BCUT2D eigenvalue weighted by molar-refractivity contribution is 0.327. The zero-order valence-corrected chi connectivity index (χ0v) is 11.9. The number of hydrogen-bond donors (Lipinski definition) is 2. The molecule has 0 aliphatic heterocycles. The van der Waals surface area contributed by atoms with E-state index >= 15 is 0 Å². The molecule has 1 atom stereocenters. The number of methoxy groups -OCH3 is 1. The van der Waals surface area contributed by atoms with Gasteiger partial charge in [-0.1, -0.05) is 19.3 Å². The molecule has 1 saturated carbocycles. The van der Waals surface area contributed by atoms with Crippen LogP contribution in [0, 0.1) is 5.92 Å². The Labute approximate surface area is 114 Å². The van der Waals surface area contributed by atoms with E-state index in [2.05, 4.69) is 32.5 Å². The summed E-state index contributed by atoms with van der Waals surface area (Å²) in [5, 5.41) is 6.29. The van der Waals surface area contributed by atoms with Crippen LogP contribution in [-0.4, -0.2) is 35.2 Å². The van der Waals surface area contributed by atoms with Crippen molar-refractivity contribution < 1.29 is 4.74 Å². The van der Waals surface area contributed by atoms with Gasteiger partial charge in [0.1, 0.15) is 0 Å². The molecule has 6 nitrogen and oxygen atoms in total. The fourth-order valence-electron chi connectivity index (χ4n) is 2.58. The van der Waals surface area contributed by atoms with Crippen molar-refractivity contribution in [1.82, 2.24) is 15.0 Å². The van der Waals surface area contributed by atoms with Gasteiger partial charge in [-0.3, -0.25) is 0 Å². The molecule has 1 aliphatic carbocycles. The number of aromatic nitrogens is 3. The molecule has 1 aliphatic rings. The molecular weight excluding hydrogens is 242 g/mol. The van der Waals surface area contributed by atoms with E-state index in [1.54, 1.807) is 14.2 Å². The van der Waals surface area contributed by atoms with Crippen LogP contribution in [0.2, 0.25) is 0 Å². The lowest BCUT2D eigenvalue weighted by Crippen LogP contribution is -2.28. The minimum absolute atomic E-state index is 0.331. The van der Waals surface area contributed by atoms with Crippen LogP contribution in [0.25, 0.3) is 0 Å². The molecule has 0 aromatic carbocycles. The third kappa shape index (κ3) is 3.68. The van der Waals surface area contributed by atoms with E-state index in [1.165, 1.54) is 32.1 Å². The van der Waals surface area contributed by atoms with Gasteiger partial charge >= 0.3 is 6.01 Å². The average Bonchev–Trinajstić information content (AvgIpc) is 2.47. The summed E-state index contributed by atoms with van der Waals surface area (Å²) < 4.78 is 5.08. The van der Waals surface area contributed by atoms with Gasteiger partial charge in [0, 0.05) is 13.1 Å². The first kappa shape index (κ1) is 13.8. The average molecular weight is 265 g/mol. The first-order valence-electron chi connectivity index (χ1n) is 6.97. The maximum atomic E-state index is 5.08. The Balaban J connectivity index is 2.04. The van der Waals surface area contributed by atoms with Crippen molar-refractivity contribution in [1.29, 1.82) is 0 Å². The third-order valence-corrected chi connectivity index (χ3v) is 3.73. The molecular formula is C13H23N5O. The summed E-state index contributed by atoms with van der Waals surface area (Å²) in [6, 6.07) is 0.704. The maximum Gasteiger partial charge on any atom is 0.322 e. The molecule has 1 heterocycles. The van der Waals surface area contributed by atoms with Crippen molar-refractivity contribution in [2.24, 2.45) is 5.92 Å². The van der Waals surface area contributed by atoms with Crippen LogP contribution in [0.1, 0.15) is 39.0 Å². The normalized spacial score (nSPS) is 17.8. The van der Waals surface area contributed by atoms with E-state index in [1.807, 2.05) is 0 Å². The highest BCUT2D eigenvalue weighted by molar-refractivity contribution is 5.36. The van der Waals surface area contributed by atoms with Gasteiger partial charge in [0.2, 0.25) is 11.9 Å². The number of ether oxygens (including phenoxy) is 1. The Hall–Kier alpha value is -1.59. The van der Waals surface area contributed by atoms with Gasteiger partial charge in [0.15, 0.2) is 0 Å². The molecule has 0 spiro atoms. The second-order valence-corrected chi connectivity index (χ2v) is 5.05. The van der Waals surface area contributed by atoms with Gasteiger partial charge in [-0.05, 0) is 25.7 Å². The van der Waals surface area contributed by atoms with E-state index in [0.717, 1.165) is 0 Å². The highest BCUT2D eigenvalue weighted by Crippen LogP contribution is 2.27. The number of nitrogens with one attached hydrogen (secondary N) is 2. The Morgan fingerprint density at radius 2 is 1.79 bits per heavy atom. The van der Waals surface area contributed by atoms with Gasteiger partial charge in [-0.15, -0.1) is 0 Å². The summed E-state index contributed by atoms with van der Waals surface area (Å²) in [5.74, 6) is 1.80. The topological polar surface area (TPSA) is 72.0 Å². The molecule has 1 aromatic heterocycles. The molecule has 106 valence electrons. The standard InChI is InChI=1S/C13H23N5O/c1-9(10-7-5-4-6-8-10)15-12-16-11(14-2)17-13(18-12)19-3/h9-10H,4-8H2,1-3H3,(H2,14,15,16,17,18). The zero-order chi connectivity index (χ0) is 13.7. The summed E-state index contributed by atoms with van der Waals surface area (Å²) in [7, 11) is 3.34. The fraction of sp³-hybridized carbons (Fsp3) is 0.769. The monoisotopic (exact) mass is 265 g/mol. The molecule has 2 rings (SSSR count). The van der Waals surface area contributed by atoms with Gasteiger partial charge in [0.05, 0.1) is 7.11 Å². The molecule has 0 saturated heterocycles. The molecule has 6 heteroatoms. The van der Waals surface area contributed by atoms with E-state index in [-0.39, 0.29) is 0 Å². The summed E-state index contributed by atoms with van der Waals surface area (Å²) in [4.78, 5) is 12.6. The van der Waals surface area contributed by atoms with E-state index in [4.69, 9.17) is 4.74 Å². The Kier molecular flexibility index (Phi) is 4.76. The summed E-state index contributed by atoms with van der Waals surface area (Å²) in [6.45, 7) is 2.20. The summed E-state index contributed by atoms with van der Waals surface area (Å²) in [6.07, 6.45) is 6.61.